The van der Waals surface area contributed by atoms with E-state index in [1.165, 1.54) is 17.0 Å². The fourth-order valence-electron chi connectivity index (χ4n) is 3.49. The minimum absolute atomic E-state index is 0.0485. The van der Waals surface area contributed by atoms with Gasteiger partial charge in [0.1, 0.15) is 12.6 Å². The zero-order chi connectivity index (χ0) is 17.5. The third-order valence-electron chi connectivity index (χ3n) is 4.84. The van der Waals surface area contributed by atoms with Gasteiger partial charge in [-0.1, -0.05) is 0 Å². The number of rotatable bonds is 6. The number of hydrogen-bond donors (Lipinski definition) is 2. The molecule has 0 aromatic heterocycles. The molecule has 1 aromatic rings. The van der Waals surface area contributed by atoms with Gasteiger partial charge in [-0.25, -0.2) is 0 Å². The number of nitrogens with one attached hydrogen (secondary N) is 2. The van der Waals surface area contributed by atoms with Gasteiger partial charge in [0, 0.05) is 31.1 Å². The zero-order valence-corrected chi connectivity index (χ0v) is 15.1. The lowest BCUT2D eigenvalue weighted by Crippen LogP contribution is -3.11. The van der Waals surface area contributed by atoms with Crippen molar-refractivity contribution in [1.82, 2.24) is 0 Å². The third kappa shape index (κ3) is 5.70. The van der Waals surface area contributed by atoms with Gasteiger partial charge in [-0.05, 0) is 43.5 Å². The molecule has 2 saturated heterocycles. The van der Waals surface area contributed by atoms with Gasteiger partial charge in [0.2, 0.25) is 0 Å². The molecule has 2 N–H and O–H groups in total. The summed E-state index contributed by atoms with van der Waals surface area (Å²) in [5, 5.41) is 3.00. The summed E-state index contributed by atoms with van der Waals surface area (Å²) in [7, 11) is 2.05. The van der Waals surface area contributed by atoms with Gasteiger partial charge in [0.15, 0.2) is 6.54 Å². The van der Waals surface area contributed by atoms with E-state index in [0.29, 0.717) is 12.6 Å². The monoisotopic (exact) mass is 348 g/mol. The van der Waals surface area contributed by atoms with Gasteiger partial charge in [-0.2, -0.15) is 0 Å². The molecule has 2 atom stereocenters. The molecule has 6 nitrogen and oxygen atoms in total. The highest BCUT2D eigenvalue weighted by Gasteiger charge is 2.20. The van der Waals surface area contributed by atoms with Crippen molar-refractivity contribution < 1.29 is 19.2 Å². The molecule has 2 heterocycles. The Balaban J connectivity index is 1.43. The number of benzene rings is 1. The molecule has 3 rings (SSSR count). The van der Waals surface area contributed by atoms with E-state index in [2.05, 4.69) is 29.4 Å². The smallest absolute Gasteiger partial charge is 0.279 e. The number of carbonyl (C=O) groups is 1. The normalized spacial score (nSPS) is 22.4. The summed E-state index contributed by atoms with van der Waals surface area (Å²) in [5.41, 5.74) is 2.03. The fourth-order valence-corrected chi connectivity index (χ4v) is 3.49. The summed E-state index contributed by atoms with van der Waals surface area (Å²) in [6, 6.07) is 8.07. The van der Waals surface area contributed by atoms with Crippen molar-refractivity contribution in [3.8, 4) is 0 Å². The van der Waals surface area contributed by atoms with Gasteiger partial charge >= 0.3 is 0 Å². The summed E-state index contributed by atoms with van der Waals surface area (Å²) in [6.07, 6.45) is 3.81. The lowest BCUT2D eigenvalue weighted by Gasteiger charge is -2.29. The number of nitrogens with zero attached hydrogens (tertiary/aromatic N) is 1. The number of hydrogen-bond acceptors (Lipinski definition) is 4. The molecule has 1 amide bonds. The van der Waals surface area contributed by atoms with Crippen molar-refractivity contribution in [1.29, 1.82) is 0 Å². The van der Waals surface area contributed by atoms with Crippen LogP contribution in [0.5, 0.6) is 0 Å². The minimum Gasteiger partial charge on any atom is -0.378 e. The van der Waals surface area contributed by atoms with Gasteiger partial charge in [-0.3, -0.25) is 4.79 Å². The van der Waals surface area contributed by atoms with Crippen molar-refractivity contribution in [3.05, 3.63) is 24.3 Å². The Morgan fingerprint density at radius 3 is 2.64 bits per heavy atom. The Kier molecular flexibility index (Phi) is 6.67. The fraction of sp³-hybridized carbons (Fsp3) is 0.632. The van der Waals surface area contributed by atoms with E-state index in [0.717, 1.165) is 58.0 Å². The molecule has 1 unspecified atom stereocenters. The first-order valence-corrected chi connectivity index (χ1v) is 9.36. The van der Waals surface area contributed by atoms with Crippen LogP contribution in [0.1, 0.15) is 19.3 Å². The molecule has 0 aliphatic carbocycles. The van der Waals surface area contributed by atoms with Crippen molar-refractivity contribution >= 4 is 17.3 Å². The highest BCUT2D eigenvalue weighted by atomic mass is 16.5. The average Bonchev–Trinajstić information content (AvgIpc) is 2.63. The van der Waals surface area contributed by atoms with E-state index in [1.54, 1.807) is 0 Å². The van der Waals surface area contributed by atoms with Crippen molar-refractivity contribution in [2.24, 2.45) is 0 Å². The Morgan fingerprint density at radius 1 is 1.20 bits per heavy atom. The first-order valence-electron chi connectivity index (χ1n) is 9.36. The lowest BCUT2D eigenvalue weighted by molar-refractivity contribution is -0.874. The molecule has 138 valence electrons. The van der Waals surface area contributed by atoms with Gasteiger partial charge in [0.05, 0.1) is 20.3 Å². The van der Waals surface area contributed by atoms with Crippen LogP contribution >= 0.6 is 0 Å². The molecule has 2 aliphatic heterocycles. The first kappa shape index (κ1) is 18.2. The predicted molar refractivity (Wildman–Crippen MR) is 98.3 cm³/mol. The molecular formula is C19H30N3O3+. The molecule has 0 saturated carbocycles. The number of morpholine rings is 1. The maximum absolute atomic E-state index is 12.3. The second-order valence-electron chi connectivity index (χ2n) is 7.02. The highest BCUT2D eigenvalue weighted by Crippen LogP contribution is 2.18. The van der Waals surface area contributed by atoms with Crippen LogP contribution < -0.4 is 15.1 Å². The van der Waals surface area contributed by atoms with Gasteiger partial charge in [-0.15, -0.1) is 0 Å². The van der Waals surface area contributed by atoms with Crippen LogP contribution in [0.15, 0.2) is 24.3 Å². The van der Waals surface area contributed by atoms with Crippen LogP contribution in [0.25, 0.3) is 0 Å². The number of quaternary nitrogens is 1. The van der Waals surface area contributed by atoms with Gasteiger partial charge < -0.3 is 24.6 Å². The molecule has 6 heteroatoms. The van der Waals surface area contributed by atoms with Crippen LogP contribution in [0, 0.1) is 0 Å². The average molecular weight is 348 g/mol. The Morgan fingerprint density at radius 2 is 1.96 bits per heavy atom. The zero-order valence-electron chi connectivity index (χ0n) is 15.1. The number of anilines is 2. The van der Waals surface area contributed by atoms with E-state index in [9.17, 15) is 4.79 Å². The van der Waals surface area contributed by atoms with E-state index < -0.39 is 0 Å². The quantitative estimate of drug-likeness (QED) is 0.788. The lowest BCUT2D eigenvalue weighted by atomic mass is 10.1. The number of carbonyl (C=O) groups excluding carboxylic acids is 1. The van der Waals surface area contributed by atoms with Crippen LogP contribution in [-0.4, -0.2) is 65.1 Å². The molecule has 2 fully saturated rings. The molecule has 1 aromatic carbocycles. The van der Waals surface area contributed by atoms with Crippen LogP contribution in [0.3, 0.4) is 0 Å². The second-order valence-corrected chi connectivity index (χ2v) is 7.02. The largest absolute Gasteiger partial charge is 0.378 e. The molecule has 25 heavy (non-hydrogen) atoms. The molecular weight excluding hydrogens is 318 g/mol. The molecule has 0 radical (unpaired) electrons. The standard InChI is InChI=1S/C19H29N3O3/c1-21(14-18-4-2-3-11-25-18)15-19(23)20-16-5-7-17(8-6-16)22-9-12-24-13-10-22/h5-8,18H,2-4,9-15H2,1H3,(H,20,23)/p+1/t18-/m1/s1. The topological polar surface area (TPSA) is 55.2 Å². The Hall–Kier alpha value is -1.63. The van der Waals surface area contributed by atoms with Crippen LogP contribution in [0.4, 0.5) is 11.4 Å². The number of likely N-dealkylation sites (N-methyl/N-ethyl adjacent to an activating group) is 1. The summed E-state index contributed by atoms with van der Waals surface area (Å²) >= 11 is 0. The maximum atomic E-state index is 12.3. The van der Waals surface area contributed by atoms with Crippen molar-refractivity contribution in [3.63, 3.8) is 0 Å². The van der Waals surface area contributed by atoms with E-state index in [1.807, 2.05) is 12.1 Å². The van der Waals surface area contributed by atoms with Crippen molar-refractivity contribution in [2.45, 2.75) is 25.4 Å². The Bertz CT molecular complexity index is 537. The van der Waals surface area contributed by atoms with Crippen LogP contribution in [-0.2, 0) is 14.3 Å². The summed E-state index contributed by atoms with van der Waals surface area (Å²) in [6.45, 7) is 5.61. The van der Waals surface area contributed by atoms with E-state index in [-0.39, 0.29) is 5.91 Å². The maximum Gasteiger partial charge on any atom is 0.279 e. The SMILES string of the molecule is C[NH+](CC(=O)Nc1ccc(N2CCOCC2)cc1)C[C@H]1CCCCO1. The summed E-state index contributed by atoms with van der Waals surface area (Å²) in [4.78, 5) is 15.7. The van der Waals surface area contributed by atoms with E-state index in [4.69, 9.17) is 9.47 Å². The second kappa shape index (κ2) is 9.17. The highest BCUT2D eigenvalue weighted by molar-refractivity contribution is 5.91. The first-order chi connectivity index (χ1) is 12.2. The number of amides is 1. The summed E-state index contributed by atoms with van der Waals surface area (Å²) < 4.78 is 11.1. The summed E-state index contributed by atoms with van der Waals surface area (Å²) in [5.74, 6) is 0.0485. The molecule has 2 aliphatic rings. The van der Waals surface area contributed by atoms with Crippen LogP contribution in [0.2, 0.25) is 0 Å². The Labute approximate surface area is 150 Å². The van der Waals surface area contributed by atoms with E-state index >= 15 is 0 Å². The third-order valence-corrected chi connectivity index (χ3v) is 4.84. The predicted octanol–water partition coefficient (Wildman–Crippen LogP) is 0.546. The minimum atomic E-state index is 0.0485. The van der Waals surface area contributed by atoms with Crippen molar-refractivity contribution in [2.75, 3.05) is 63.3 Å². The number of ether oxygens (including phenoxy) is 2. The molecule has 0 spiro atoms. The molecule has 0 bridgehead atoms. The van der Waals surface area contributed by atoms with Gasteiger partial charge in [0.25, 0.3) is 5.91 Å².